The average molecular weight is 397 g/mol. The second-order valence-electron chi connectivity index (χ2n) is 7.33. The maximum Gasteiger partial charge on any atom is 0.277 e. The molecule has 1 heterocycles. The Labute approximate surface area is 175 Å². The highest BCUT2D eigenvalue weighted by Crippen LogP contribution is 2.20. The third-order valence-corrected chi connectivity index (χ3v) is 5.35. The van der Waals surface area contributed by atoms with Crippen LogP contribution in [0.15, 0.2) is 71.5 Å². The van der Waals surface area contributed by atoms with Crippen LogP contribution in [-0.2, 0) is 6.54 Å². The van der Waals surface area contributed by atoms with Crippen LogP contribution in [0.25, 0.3) is 22.3 Å². The van der Waals surface area contributed by atoms with E-state index in [9.17, 15) is 9.59 Å². The molecule has 0 saturated heterocycles. The highest BCUT2D eigenvalue weighted by molar-refractivity contribution is 6.04. The Balaban J connectivity index is 1.65. The number of nitrogens with one attached hydrogen (secondary N) is 1. The lowest BCUT2D eigenvalue weighted by molar-refractivity contribution is 0.102. The number of carbonyl (C=O) groups excluding carboxylic acids is 1. The average Bonchev–Trinajstić information content (AvgIpc) is 2.76. The lowest BCUT2D eigenvalue weighted by Gasteiger charge is -2.11. The zero-order chi connectivity index (χ0) is 21.3. The highest BCUT2D eigenvalue weighted by atomic mass is 16.1. The number of hydrogen-bond donors (Lipinski definition) is 1. The molecular weight excluding hydrogens is 374 g/mol. The van der Waals surface area contributed by atoms with Crippen LogP contribution in [0, 0.1) is 13.8 Å². The molecule has 30 heavy (non-hydrogen) atoms. The van der Waals surface area contributed by atoms with Gasteiger partial charge in [-0.05, 0) is 68.3 Å². The van der Waals surface area contributed by atoms with Crippen LogP contribution in [0.3, 0.4) is 0 Å². The lowest BCUT2D eigenvalue weighted by atomic mass is 10.1. The predicted molar refractivity (Wildman–Crippen MR) is 121 cm³/mol. The Kier molecular flexibility index (Phi) is 5.19. The van der Waals surface area contributed by atoms with Crippen molar-refractivity contribution in [3.63, 3.8) is 0 Å². The van der Waals surface area contributed by atoms with Crippen molar-refractivity contribution < 1.29 is 4.79 Å². The van der Waals surface area contributed by atoms with E-state index in [-0.39, 0.29) is 11.5 Å². The standard InChI is InChI=1S/C25H23N3O2/c1-4-28-22-8-6-5-7-21(22)27-23(25(28)30)18-10-12-19(13-11-18)24(29)26-20-14-9-16(2)17(3)15-20/h5-15H,4H2,1-3H3,(H,26,29). The summed E-state index contributed by atoms with van der Waals surface area (Å²) in [5.74, 6) is -0.192. The van der Waals surface area contributed by atoms with Gasteiger partial charge in [0, 0.05) is 23.4 Å². The number of rotatable bonds is 4. The summed E-state index contributed by atoms with van der Waals surface area (Å²) in [5, 5.41) is 2.92. The van der Waals surface area contributed by atoms with Crippen LogP contribution in [-0.4, -0.2) is 15.5 Å². The summed E-state index contributed by atoms with van der Waals surface area (Å²) >= 11 is 0. The van der Waals surface area contributed by atoms with Gasteiger partial charge in [0.1, 0.15) is 5.69 Å². The molecule has 150 valence electrons. The van der Waals surface area contributed by atoms with Crippen molar-refractivity contribution in [3.05, 3.63) is 93.8 Å². The molecule has 0 aliphatic carbocycles. The van der Waals surface area contributed by atoms with Gasteiger partial charge in [0.2, 0.25) is 0 Å². The molecule has 0 aliphatic heterocycles. The second-order valence-corrected chi connectivity index (χ2v) is 7.33. The lowest BCUT2D eigenvalue weighted by Crippen LogP contribution is -2.23. The monoisotopic (exact) mass is 397 g/mol. The minimum absolute atomic E-state index is 0.136. The number of aryl methyl sites for hydroxylation is 3. The van der Waals surface area contributed by atoms with E-state index < -0.39 is 0 Å². The molecule has 0 bridgehead atoms. The molecule has 5 heteroatoms. The number of anilines is 1. The fourth-order valence-electron chi connectivity index (χ4n) is 3.50. The summed E-state index contributed by atoms with van der Waals surface area (Å²) in [6.07, 6.45) is 0. The third-order valence-electron chi connectivity index (χ3n) is 5.35. The van der Waals surface area contributed by atoms with Crippen molar-refractivity contribution in [1.29, 1.82) is 0 Å². The molecule has 0 atom stereocenters. The normalized spacial score (nSPS) is 10.9. The summed E-state index contributed by atoms with van der Waals surface area (Å²) in [7, 11) is 0. The van der Waals surface area contributed by atoms with Crippen LogP contribution in [0.2, 0.25) is 0 Å². The number of para-hydroxylation sites is 2. The first-order valence-electron chi connectivity index (χ1n) is 9.96. The molecule has 3 aromatic carbocycles. The molecule has 1 aromatic heterocycles. The molecule has 0 aliphatic rings. The first-order valence-corrected chi connectivity index (χ1v) is 9.96. The number of nitrogens with zero attached hydrogens (tertiary/aromatic N) is 2. The molecule has 0 fully saturated rings. The van der Waals surface area contributed by atoms with Crippen molar-refractivity contribution in [3.8, 4) is 11.3 Å². The molecule has 4 rings (SSSR count). The smallest absolute Gasteiger partial charge is 0.277 e. The molecule has 0 spiro atoms. The van der Waals surface area contributed by atoms with E-state index in [1.54, 1.807) is 28.8 Å². The van der Waals surface area contributed by atoms with E-state index in [2.05, 4.69) is 10.3 Å². The third kappa shape index (κ3) is 3.62. The highest BCUT2D eigenvalue weighted by Gasteiger charge is 2.13. The summed E-state index contributed by atoms with van der Waals surface area (Å²) < 4.78 is 1.72. The first kappa shape index (κ1) is 19.6. The van der Waals surface area contributed by atoms with Gasteiger partial charge in [-0.25, -0.2) is 4.98 Å². The van der Waals surface area contributed by atoms with Gasteiger partial charge in [-0.3, -0.25) is 9.59 Å². The minimum atomic E-state index is -0.192. The number of hydrogen-bond acceptors (Lipinski definition) is 3. The molecule has 0 radical (unpaired) electrons. The number of aromatic nitrogens is 2. The molecule has 1 amide bonds. The molecule has 1 N–H and O–H groups in total. The molecular formula is C25H23N3O2. The van der Waals surface area contributed by atoms with Gasteiger partial charge in [0.05, 0.1) is 11.0 Å². The van der Waals surface area contributed by atoms with Gasteiger partial charge in [0.25, 0.3) is 11.5 Å². The Bertz CT molecular complexity index is 1300. The van der Waals surface area contributed by atoms with E-state index in [0.29, 0.717) is 23.4 Å². The van der Waals surface area contributed by atoms with Gasteiger partial charge in [-0.15, -0.1) is 0 Å². The number of benzene rings is 3. The Morgan fingerprint density at radius 1 is 0.967 bits per heavy atom. The van der Waals surface area contributed by atoms with Crippen molar-refractivity contribution in [2.24, 2.45) is 0 Å². The summed E-state index contributed by atoms with van der Waals surface area (Å²) in [5.41, 5.74) is 6.11. The number of fused-ring (bicyclic) bond motifs is 1. The van der Waals surface area contributed by atoms with E-state index in [1.807, 2.05) is 63.2 Å². The maximum atomic E-state index is 13.0. The zero-order valence-electron chi connectivity index (χ0n) is 17.3. The van der Waals surface area contributed by atoms with E-state index >= 15 is 0 Å². The fraction of sp³-hybridized carbons (Fsp3) is 0.160. The Morgan fingerprint density at radius 2 is 1.70 bits per heavy atom. The van der Waals surface area contributed by atoms with Gasteiger partial charge in [-0.2, -0.15) is 0 Å². The Hall–Kier alpha value is -3.73. The fourth-order valence-corrected chi connectivity index (χ4v) is 3.50. The van der Waals surface area contributed by atoms with Crippen LogP contribution in [0.4, 0.5) is 5.69 Å². The van der Waals surface area contributed by atoms with Gasteiger partial charge < -0.3 is 9.88 Å². The van der Waals surface area contributed by atoms with Crippen molar-refractivity contribution in [1.82, 2.24) is 9.55 Å². The van der Waals surface area contributed by atoms with Crippen molar-refractivity contribution in [2.75, 3.05) is 5.32 Å². The van der Waals surface area contributed by atoms with Crippen LogP contribution >= 0.6 is 0 Å². The SMILES string of the molecule is CCn1c(=O)c(-c2ccc(C(=O)Nc3ccc(C)c(C)c3)cc2)nc2ccccc21. The topological polar surface area (TPSA) is 64.0 Å². The molecule has 4 aromatic rings. The van der Waals surface area contributed by atoms with Gasteiger partial charge >= 0.3 is 0 Å². The van der Waals surface area contributed by atoms with Crippen LogP contribution < -0.4 is 10.9 Å². The van der Waals surface area contributed by atoms with E-state index in [4.69, 9.17) is 0 Å². The molecule has 0 saturated carbocycles. The second kappa shape index (κ2) is 7.95. The number of amides is 1. The first-order chi connectivity index (χ1) is 14.5. The number of carbonyl (C=O) groups is 1. The van der Waals surface area contributed by atoms with Gasteiger partial charge in [-0.1, -0.05) is 30.3 Å². The zero-order valence-corrected chi connectivity index (χ0v) is 17.3. The van der Waals surface area contributed by atoms with Crippen molar-refractivity contribution >= 4 is 22.6 Å². The van der Waals surface area contributed by atoms with E-state index in [1.165, 1.54) is 5.56 Å². The maximum absolute atomic E-state index is 13.0. The van der Waals surface area contributed by atoms with Crippen molar-refractivity contribution in [2.45, 2.75) is 27.3 Å². The molecule has 5 nitrogen and oxygen atoms in total. The summed E-state index contributed by atoms with van der Waals surface area (Å²) in [6, 6.07) is 20.4. The predicted octanol–water partition coefficient (Wildman–Crippen LogP) is 4.95. The summed E-state index contributed by atoms with van der Waals surface area (Å²) in [6.45, 7) is 6.55. The van der Waals surface area contributed by atoms with E-state index in [0.717, 1.165) is 22.3 Å². The van der Waals surface area contributed by atoms with Crippen LogP contribution in [0.5, 0.6) is 0 Å². The van der Waals surface area contributed by atoms with Gasteiger partial charge in [0.15, 0.2) is 0 Å². The largest absolute Gasteiger partial charge is 0.322 e. The van der Waals surface area contributed by atoms with Crippen LogP contribution in [0.1, 0.15) is 28.4 Å². The Morgan fingerprint density at radius 3 is 2.40 bits per heavy atom. The minimum Gasteiger partial charge on any atom is -0.322 e. The summed E-state index contributed by atoms with van der Waals surface area (Å²) in [4.78, 5) is 30.1. The quantitative estimate of drug-likeness (QED) is 0.530. The molecule has 0 unspecified atom stereocenters.